The smallest absolute Gasteiger partial charge is 0.325 e. The van der Waals surface area contributed by atoms with Gasteiger partial charge in [-0.2, -0.15) is 5.10 Å². The van der Waals surface area contributed by atoms with Crippen LogP contribution in [0.15, 0.2) is 47.6 Å². The van der Waals surface area contributed by atoms with Crippen molar-refractivity contribution in [3.05, 3.63) is 64.7 Å². The quantitative estimate of drug-likeness (QED) is 0.906. The van der Waals surface area contributed by atoms with E-state index in [0.29, 0.717) is 5.56 Å². The molecule has 3 N–H and O–H groups in total. The van der Waals surface area contributed by atoms with Crippen molar-refractivity contribution in [3.8, 4) is 0 Å². The monoisotopic (exact) mass is 323 g/mol. The summed E-state index contributed by atoms with van der Waals surface area (Å²) in [6.07, 6.45) is 0.859. The number of carboxylic acid groups (broad SMARTS) is 1. The second kappa shape index (κ2) is 6.45. The van der Waals surface area contributed by atoms with Gasteiger partial charge >= 0.3 is 5.97 Å². The Balaban J connectivity index is 1.92. The molecule has 1 atom stereocenters. The number of nitrogens with two attached hydrogens (primary N) is 1. The molecule has 0 saturated heterocycles. The molecule has 1 heterocycles. The molecule has 2 aromatic carbocycles. The second-order valence-corrected chi connectivity index (χ2v) is 6.10. The number of carboxylic acids is 1. The molecular formula is C19H21N3O2. The van der Waals surface area contributed by atoms with Gasteiger partial charge in [0.1, 0.15) is 6.04 Å². The van der Waals surface area contributed by atoms with Crippen LogP contribution in [0.2, 0.25) is 0 Å². The van der Waals surface area contributed by atoms with Crippen LogP contribution in [0.5, 0.6) is 0 Å². The molecule has 5 nitrogen and oxygen atoms in total. The molecule has 2 aromatic rings. The predicted molar refractivity (Wildman–Crippen MR) is 95.4 cm³/mol. The van der Waals surface area contributed by atoms with Gasteiger partial charge in [-0.1, -0.05) is 18.2 Å². The van der Waals surface area contributed by atoms with E-state index >= 15 is 0 Å². The van der Waals surface area contributed by atoms with Crippen LogP contribution in [0.4, 0.5) is 5.69 Å². The molecule has 0 aromatic heterocycles. The van der Waals surface area contributed by atoms with E-state index in [1.165, 1.54) is 0 Å². The van der Waals surface area contributed by atoms with Gasteiger partial charge in [0, 0.05) is 13.0 Å². The van der Waals surface area contributed by atoms with Crippen molar-refractivity contribution in [2.24, 2.45) is 10.8 Å². The van der Waals surface area contributed by atoms with Crippen LogP contribution in [0, 0.1) is 13.8 Å². The van der Waals surface area contributed by atoms with Gasteiger partial charge < -0.3 is 10.8 Å². The number of aryl methyl sites for hydroxylation is 2. The summed E-state index contributed by atoms with van der Waals surface area (Å²) in [5.74, 6) is -1.01. The van der Waals surface area contributed by atoms with Gasteiger partial charge in [0.2, 0.25) is 0 Å². The van der Waals surface area contributed by atoms with E-state index in [1.807, 2.05) is 61.3 Å². The molecule has 5 heteroatoms. The van der Waals surface area contributed by atoms with Gasteiger partial charge in [-0.05, 0) is 60.4 Å². The predicted octanol–water partition coefficient (Wildman–Crippen LogP) is 3.00. The molecule has 1 aliphatic rings. The van der Waals surface area contributed by atoms with Gasteiger partial charge in [0.25, 0.3) is 0 Å². The first-order valence-electron chi connectivity index (χ1n) is 7.97. The fraction of sp³-hybridized carbons (Fsp3) is 0.263. The van der Waals surface area contributed by atoms with Crippen LogP contribution in [-0.4, -0.2) is 23.3 Å². The average molecular weight is 323 g/mol. The molecule has 124 valence electrons. The number of nitrogens with zero attached hydrogens (tertiary/aromatic N) is 2. The molecule has 24 heavy (non-hydrogen) atoms. The third-order valence-electron chi connectivity index (χ3n) is 4.36. The lowest BCUT2D eigenvalue weighted by molar-refractivity contribution is -0.138. The van der Waals surface area contributed by atoms with Crippen LogP contribution in [0.25, 0.3) is 0 Å². The number of hydrazone groups is 1. The lowest BCUT2D eigenvalue weighted by Crippen LogP contribution is -2.23. The van der Waals surface area contributed by atoms with E-state index in [1.54, 1.807) is 0 Å². The molecule has 3 rings (SSSR count). The van der Waals surface area contributed by atoms with Gasteiger partial charge in [0.05, 0.1) is 11.4 Å². The number of anilines is 1. The third kappa shape index (κ3) is 3.03. The van der Waals surface area contributed by atoms with E-state index < -0.39 is 12.0 Å². The number of hydrogen-bond donors (Lipinski definition) is 2. The Hall–Kier alpha value is -2.66. The number of aliphatic carboxylic acids is 1. The fourth-order valence-corrected chi connectivity index (χ4v) is 3.20. The molecule has 0 bridgehead atoms. The summed E-state index contributed by atoms with van der Waals surface area (Å²) >= 11 is 0. The Kier molecular flexibility index (Phi) is 4.36. The first-order chi connectivity index (χ1) is 11.5. The molecule has 0 radical (unpaired) electrons. The number of para-hydroxylation sites is 1. The summed E-state index contributed by atoms with van der Waals surface area (Å²) in [6, 6.07) is 13.0. The zero-order valence-corrected chi connectivity index (χ0v) is 13.9. The zero-order chi connectivity index (χ0) is 17.3. The molecular weight excluding hydrogens is 302 g/mol. The Bertz CT molecular complexity index is 777. The van der Waals surface area contributed by atoms with Crippen molar-refractivity contribution >= 4 is 17.4 Å². The van der Waals surface area contributed by atoms with Crippen molar-refractivity contribution in [2.75, 3.05) is 11.6 Å². The van der Waals surface area contributed by atoms with Gasteiger partial charge in [0.15, 0.2) is 0 Å². The largest absolute Gasteiger partial charge is 0.480 e. The summed E-state index contributed by atoms with van der Waals surface area (Å²) in [5, 5.41) is 15.9. The van der Waals surface area contributed by atoms with Crippen molar-refractivity contribution in [1.29, 1.82) is 0 Å². The molecule has 0 spiro atoms. The standard InChI is InChI=1S/C19H21N3O2/c1-12-10-14(11-13(2)17(12)18(20)19(23)24)16-8-9-22(21-16)15-6-4-3-5-7-15/h3-7,10-11,18H,8-9,20H2,1-2H3,(H,23,24). The first kappa shape index (κ1) is 16.2. The minimum atomic E-state index is -1.01. The minimum Gasteiger partial charge on any atom is -0.480 e. The van der Waals surface area contributed by atoms with Crippen molar-refractivity contribution in [2.45, 2.75) is 26.3 Å². The first-order valence-corrected chi connectivity index (χ1v) is 7.97. The van der Waals surface area contributed by atoms with Crippen LogP contribution in [-0.2, 0) is 4.79 Å². The average Bonchev–Trinajstić information content (AvgIpc) is 3.04. The van der Waals surface area contributed by atoms with Gasteiger partial charge in [-0.25, -0.2) is 0 Å². The molecule has 0 amide bonds. The fourth-order valence-electron chi connectivity index (χ4n) is 3.20. The summed E-state index contributed by atoms with van der Waals surface area (Å²) in [4.78, 5) is 11.2. The summed E-state index contributed by atoms with van der Waals surface area (Å²) < 4.78 is 0. The highest BCUT2D eigenvalue weighted by Crippen LogP contribution is 2.26. The Morgan fingerprint density at radius 2 is 1.83 bits per heavy atom. The number of hydrogen-bond acceptors (Lipinski definition) is 4. The minimum absolute atomic E-state index is 0.685. The summed E-state index contributed by atoms with van der Waals surface area (Å²) in [6.45, 7) is 4.64. The Labute approximate surface area is 141 Å². The maximum Gasteiger partial charge on any atom is 0.325 e. The van der Waals surface area contributed by atoms with Crippen LogP contribution in [0.1, 0.15) is 34.7 Å². The molecule has 1 unspecified atom stereocenters. The highest BCUT2D eigenvalue weighted by Gasteiger charge is 2.22. The van der Waals surface area contributed by atoms with Crippen LogP contribution in [0.3, 0.4) is 0 Å². The zero-order valence-electron chi connectivity index (χ0n) is 13.9. The summed E-state index contributed by atoms with van der Waals surface area (Å²) in [7, 11) is 0. The van der Waals surface area contributed by atoms with E-state index in [-0.39, 0.29) is 0 Å². The van der Waals surface area contributed by atoms with Gasteiger partial charge in [-0.3, -0.25) is 9.80 Å². The highest BCUT2D eigenvalue weighted by molar-refractivity contribution is 6.03. The van der Waals surface area contributed by atoms with Crippen LogP contribution >= 0.6 is 0 Å². The van der Waals surface area contributed by atoms with Gasteiger partial charge in [-0.15, -0.1) is 0 Å². The topological polar surface area (TPSA) is 78.9 Å². The lowest BCUT2D eigenvalue weighted by atomic mass is 9.92. The Morgan fingerprint density at radius 3 is 2.42 bits per heavy atom. The third-order valence-corrected chi connectivity index (χ3v) is 4.36. The van der Waals surface area contributed by atoms with E-state index in [2.05, 4.69) is 0 Å². The maximum atomic E-state index is 11.2. The highest BCUT2D eigenvalue weighted by atomic mass is 16.4. The van der Waals surface area contributed by atoms with E-state index in [9.17, 15) is 9.90 Å². The van der Waals surface area contributed by atoms with Crippen molar-refractivity contribution in [1.82, 2.24) is 0 Å². The Morgan fingerprint density at radius 1 is 1.21 bits per heavy atom. The van der Waals surface area contributed by atoms with Crippen LogP contribution < -0.4 is 10.7 Å². The SMILES string of the molecule is Cc1cc(C2=NN(c3ccccc3)CC2)cc(C)c1C(N)C(=O)O. The number of benzene rings is 2. The maximum absolute atomic E-state index is 11.2. The molecule has 1 aliphatic heterocycles. The molecule has 0 fully saturated rings. The second-order valence-electron chi connectivity index (χ2n) is 6.10. The molecule has 0 saturated carbocycles. The number of carbonyl (C=O) groups is 1. The van der Waals surface area contributed by atoms with Crippen molar-refractivity contribution in [3.63, 3.8) is 0 Å². The number of rotatable bonds is 4. The van der Waals surface area contributed by atoms with Crippen molar-refractivity contribution < 1.29 is 9.90 Å². The normalized spacial score (nSPS) is 15.3. The van der Waals surface area contributed by atoms with E-state index in [4.69, 9.17) is 10.8 Å². The molecule has 0 aliphatic carbocycles. The van der Waals surface area contributed by atoms with E-state index in [0.717, 1.165) is 41.1 Å². The lowest BCUT2D eigenvalue weighted by Gasteiger charge is -2.16. The summed E-state index contributed by atoms with van der Waals surface area (Å²) in [5.41, 5.74) is 11.4.